The minimum absolute atomic E-state index is 0.0419. The maximum Gasteiger partial charge on any atom is 0.265 e. The van der Waals surface area contributed by atoms with Gasteiger partial charge < -0.3 is 28.4 Å². The number of carbonyl (C=O) groups is 4. The summed E-state index contributed by atoms with van der Waals surface area (Å²) in [5, 5.41) is -1.92. The van der Waals surface area contributed by atoms with Crippen LogP contribution in [0.25, 0.3) is 0 Å². The highest BCUT2D eigenvalue weighted by atomic mass is 35.5. The molecule has 0 unspecified atom stereocenters. The smallest absolute Gasteiger partial charge is 0.265 e. The van der Waals surface area contributed by atoms with Gasteiger partial charge in [-0.05, 0) is 0 Å². The van der Waals surface area contributed by atoms with E-state index in [1.165, 1.54) is 0 Å². The Labute approximate surface area is 212 Å². The largest absolute Gasteiger partial charge is 0.485 e. The minimum atomic E-state index is -0.820. The molecule has 0 aromatic heterocycles. The maximum atomic E-state index is 12.6. The average Bonchev–Trinajstić information content (AvgIpc) is 2.82. The van der Waals surface area contributed by atoms with E-state index >= 15 is 0 Å². The first kappa shape index (κ1) is 26.5. The monoisotopic (exact) mass is 556 g/mol. The van der Waals surface area contributed by atoms with Crippen LogP contribution in [0.3, 0.4) is 0 Å². The van der Waals surface area contributed by atoms with E-state index in [0.717, 1.165) is 0 Å². The van der Waals surface area contributed by atoms with Gasteiger partial charge in [0.1, 0.15) is 46.6 Å². The van der Waals surface area contributed by atoms with Gasteiger partial charge in [-0.2, -0.15) is 0 Å². The third-order valence-electron chi connectivity index (χ3n) is 4.32. The van der Waals surface area contributed by atoms with E-state index < -0.39 is 66.3 Å². The van der Waals surface area contributed by atoms with Crippen LogP contribution in [0.2, 0.25) is 0 Å². The summed E-state index contributed by atoms with van der Waals surface area (Å²) in [5.74, 6) is -4.92. The number of fused-ring (bicyclic) bond motifs is 4. The lowest BCUT2D eigenvalue weighted by Gasteiger charge is -2.20. The standard InChI is InChI=1S/C20H16Cl4O10/c21-9-13(25)10(22)18-15(27)17(9)31-5-1-29-2-6-32-19-11(23)14(26)12(24)20(16(19)28)34-8-4-30-3-7-33-18/h1-8H2. The zero-order valence-electron chi connectivity index (χ0n) is 17.3. The quantitative estimate of drug-likeness (QED) is 0.409. The molecule has 0 atom stereocenters. The number of halogens is 4. The van der Waals surface area contributed by atoms with Crippen molar-refractivity contribution in [1.82, 2.24) is 0 Å². The molecule has 0 aromatic carbocycles. The number of allylic oxidation sites excluding steroid dienone is 4. The first-order chi connectivity index (χ1) is 16.3. The van der Waals surface area contributed by atoms with Gasteiger partial charge in [-0.3, -0.25) is 19.2 Å². The van der Waals surface area contributed by atoms with Crippen LogP contribution < -0.4 is 0 Å². The fraction of sp³-hybridized carbons (Fsp3) is 0.400. The number of Topliss-reactive ketones (excluding diaryl/α,β-unsaturated/α-hetero) is 4. The van der Waals surface area contributed by atoms with Crippen molar-refractivity contribution in [3.63, 3.8) is 0 Å². The Balaban J connectivity index is 1.72. The number of ketones is 4. The van der Waals surface area contributed by atoms with Gasteiger partial charge in [0.15, 0.2) is 23.0 Å². The summed E-state index contributed by atoms with van der Waals surface area (Å²) in [6.45, 7) is -0.796. The molecule has 0 N–H and O–H groups in total. The minimum Gasteiger partial charge on any atom is -0.485 e. The molecule has 4 bridgehead atoms. The van der Waals surface area contributed by atoms with E-state index in [0.29, 0.717) is 0 Å². The fourth-order valence-corrected chi connectivity index (χ4v) is 3.78. The summed E-state index contributed by atoms with van der Waals surface area (Å²) >= 11 is 23.7. The van der Waals surface area contributed by atoms with Crippen molar-refractivity contribution < 1.29 is 47.6 Å². The number of hydrogen-bond donors (Lipinski definition) is 0. The molecule has 0 saturated carbocycles. The van der Waals surface area contributed by atoms with Crippen molar-refractivity contribution in [2.75, 3.05) is 52.9 Å². The molecule has 14 heteroatoms. The zero-order valence-corrected chi connectivity index (χ0v) is 20.3. The van der Waals surface area contributed by atoms with Crippen LogP contribution in [0.4, 0.5) is 0 Å². The van der Waals surface area contributed by atoms with Crippen LogP contribution in [-0.4, -0.2) is 76.0 Å². The summed E-state index contributed by atoms with van der Waals surface area (Å²) in [6, 6.07) is 0. The van der Waals surface area contributed by atoms with Crippen LogP contribution in [0.5, 0.6) is 0 Å². The van der Waals surface area contributed by atoms with Crippen molar-refractivity contribution in [2.45, 2.75) is 0 Å². The van der Waals surface area contributed by atoms with Crippen LogP contribution in [0.15, 0.2) is 43.2 Å². The normalized spacial score (nSPS) is 22.2. The molecule has 1 fully saturated rings. The van der Waals surface area contributed by atoms with Gasteiger partial charge in [0.25, 0.3) is 11.6 Å². The summed E-state index contributed by atoms with van der Waals surface area (Å²) < 4.78 is 31.8. The van der Waals surface area contributed by atoms with Gasteiger partial charge in [-0.1, -0.05) is 46.4 Å². The van der Waals surface area contributed by atoms with Crippen LogP contribution in [0.1, 0.15) is 0 Å². The molecular weight excluding hydrogens is 542 g/mol. The second kappa shape index (κ2) is 12.1. The molecule has 3 aliphatic rings. The Morgan fingerprint density at radius 2 is 0.618 bits per heavy atom. The van der Waals surface area contributed by atoms with E-state index in [2.05, 4.69) is 0 Å². The van der Waals surface area contributed by atoms with Gasteiger partial charge in [-0.25, -0.2) is 0 Å². The fourth-order valence-electron chi connectivity index (χ4n) is 2.74. The average molecular weight is 558 g/mol. The number of ether oxygens (including phenoxy) is 6. The van der Waals surface area contributed by atoms with Crippen LogP contribution in [0, 0.1) is 0 Å². The lowest BCUT2D eigenvalue weighted by atomic mass is 10.1. The summed E-state index contributed by atoms with van der Waals surface area (Å²) in [7, 11) is 0. The second-order valence-electron chi connectivity index (χ2n) is 6.51. The lowest BCUT2D eigenvalue weighted by molar-refractivity contribution is -0.123. The van der Waals surface area contributed by atoms with Crippen LogP contribution in [-0.2, 0) is 47.6 Å². The van der Waals surface area contributed by atoms with E-state index in [1.807, 2.05) is 0 Å². The highest BCUT2D eigenvalue weighted by molar-refractivity contribution is 6.59. The van der Waals surface area contributed by atoms with Gasteiger partial charge in [0.2, 0.25) is 11.6 Å². The summed E-state index contributed by atoms with van der Waals surface area (Å²) in [4.78, 5) is 49.6. The number of hydrogen-bond acceptors (Lipinski definition) is 10. The molecule has 10 nitrogen and oxygen atoms in total. The summed E-state index contributed by atoms with van der Waals surface area (Å²) in [5.41, 5.74) is 0. The molecule has 0 aromatic rings. The lowest BCUT2D eigenvalue weighted by Crippen LogP contribution is -2.26. The molecule has 1 saturated heterocycles. The number of carbonyl (C=O) groups excluding carboxylic acids is 4. The Morgan fingerprint density at radius 3 is 0.853 bits per heavy atom. The van der Waals surface area contributed by atoms with Crippen molar-refractivity contribution in [3.8, 4) is 0 Å². The van der Waals surface area contributed by atoms with E-state index in [4.69, 9.17) is 74.8 Å². The molecule has 3 rings (SSSR count). The molecule has 1 aliphatic heterocycles. The Hall–Kier alpha value is -2.08. The van der Waals surface area contributed by atoms with Crippen LogP contribution >= 0.6 is 46.4 Å². The van der Waals surface area contributed by atoms with Gasteiger partial charge >= 0.3 is 0 Å². The molecule has 0 amide bonds. The molecule has 0 spiro atoms. The molecule has 1 heterocycles. The molecule has 0 radical (unpaired) electrons. The third kappa shape index (κ3) is 5.76. The van der Waals surface area contributed by atoms with E-state index in [-0.39, 0.29) is 52.9 Å². The third-order valence-corrected chi connectivity index (χ3v) is 5.69. The van der Waals surface area contributed by atoms with E-state index in [9.17, 15) is 19.2 Å². The summed E-state index contributed by atoms with van der Waals surface area (Å²) in [6.07, 6.45) is 0. The topological polar surface area (TPSA) is 124 Å². The van der Waals surface area contributed by atoms with Crippen molar-refractivity contribution in [3.05, 3.63) is 43.2 Å². The van der Waals surface area contributed by atoms with Crippen molar-refractivity contribution in [2.24, 2.45) is 0 Å². The second-order valence-corrected chi connectivity index (χ2v) is 8.02. The van der Waals surface area contributed by atoms with Gasteiger partial charge in [0.05, 0.1) is 26.4 Å². The zero-order chi connectivity index (χ0) is 24.8. The number of rotatable bonds is 0. The first-order valence-electron chi connectivity index (χ1n) is 9.70. The first-order valence-corrected chi connectivity index (χ1v) is 11.2. The Morgan fingerprint density at radius 1 is 0.382 bits per heavy atom. The Bertz CT molecular complexity index is 886. The van der Waals surface area contributed by atoms with Gasteiger partial charge in [0, 0.05) is 0 Å². The van der Waals surface area contributed by atoms with Crippen molar-refractivity contribution in [1.29, 1.82) is 0 Å². The van der Waals surface area contributed by atoms with E-state index in [1.54, 1.807) is 0 Å². The SMILES string of the molecule is O=C1C(Cl)=C2OCCOCCOC3=C(Cl)C(=O)C(Cl)=C(OCCOCCOC(=C1Cl)C2=O)C3=O. The molecular formula is C20H16Cl4O10. The predicted molar refractivity (Wildman–Crippen MR) is 117 cm³/mol. The predicted octanol–water partition coefficient (Wildman–Crippen LogP) is 2.20. The highest BCUT2D eigenvalue weighted by Gasteiger charge is 2.37. The molecule has 34 heavy (non-hydrogen) atoms. The molecule has 2 aliphatic carbocycles. The highest BCUT2D eigenvalue weighted by Crippen LogP contribution is 2.32. The van der Waals surface area contributed by atoms with Gasteiger partial charge in [-0.15, -0.1) is 0 Å². The van der Waals surface area contributed by atoms with Crippen molar-refractivity contribution >= 4 is 69.5 Å². The Kier molecular flexibility index (Phi) is 9.40. The maximum absolute atomic E-state index is 12.6. The molecule has 184 valence electrons.